The van der Waals surface area contributed by atoms with Crippen LogP contribution in [0.3, 0.4) is 0 Å². The van der Waals surface area contributed by atoms with Crippen molar-refractivity contribution in [2.24, 2.45) is 0 Å². The molecule has 1 heterocycles. The highest BCUT2D eigenvalue weighted by Crippen LogP contribution is 2.26. The van der Waals surface area contributed by atoms with Crippen LogP contribution in [0.25, 0.3) is 0 Å². The lowest BCUT2D eigenvalue weighted by atomic mass is 10.2. The second-order valence-electron chi connectivity index (χ2n) is 3.76. The molecule has 2 rings (SSSR count). The number of carboxylic acid groups (broad SMARTS) is 1. The molecule has 0 spiro atoms. The molecule has 0 radical (unpaired) electrons. The van der Waals surface area contributed by atoms with E-state index in [0.29, 0.717) is 6.29 Å². The zero-order chi connectivity index (χ0) is 14.9. The second-order valence-corrected chi connectivity index (χ2v) is 5.64. The van der Waals surface area contributed by atoms with Gasteiger partial charge in [0, 0.05) is 0 Å². The Morgan fingerprint density at radius 2 is 1.90 bits per heavy atom. The zero-order valence-electron chi connectivity index (χ0n) is 9.81. The molecule has 1 aromatic carbocycles. The quantitative estimate of drug-likeness (QED) is 0.816. The van der Waals surface area contributed by atoms with Crippen LogP contribution in [0.15, 0.2) is 44.7 Å². The van der Waals surface area contributed by atoms with Gasteiger partial charge in [-0.2, -0.15) is 0 Å². The Morgan fingerprint density at radius 3 is 2.45 bits per heavy atom. The van der Waals surface area contributed by atoms with Crippen molar-refractivity contribution in [2.45, 2.75) is 9.99 Å². The predicted molar refractivity (Wildman–Crippen MR) is 64.6 cm³/mol. The van der Waals surface area contributed by atoms with Crippen LogP contribution in [0.4, 0.5) is 0 Å². The molecule has 0 amide bonds. The third-order valence-corrected chi connectivity index (χ3v) is 4.12. The molecule has 7 nitrogen and oxygen atoms in total. The second kappa shape index (κ2) is 4.82. The molecule has 2 N–H and O–H groups in total. The van der Waals surface area contributed by atoms with Gasteiger partial charge in [0.15, 0.2) is 12.0 Å². The van der Waals surface area contributed by atoms with Gasteiger partial charge in [0.1, 0.15) is 11.3 Å². The maximum absolute atomic E-state index is 12.2. The SMILES string of the molecule is O=Cc1ccc(S(=O)(=O)c2ccc(O)c(C(=O)O)c2)o1. The van der Waals surface area contributed by atoms with Crippen LogP contribution in [-0.4, -0.2) is 30.9 Å². The molecule has 0 saturated heterocycles. The first-order valence-electron chi connectivity index (χ1n) is 5.22. The van der Waals surface area contributed by atoms with E-state index in [1.807, 2.05) is 0 Å². The molecule has 0 aliphatic rings. The van der Waals surface area contributed by atoms with Crippen molar-refractivity contribution in [3.63, 3.8) is 0 Å². The fourth-order valence-electron chi connectivity index (χ4n) is 1.51. The van der Waals surface area contributed by atoms with Crippen molar-refractivity contribution >= 4 is 22.1 Å². The van der Waals surface area contributed by atoms with E-state index in [2.05, 4.69) is 0 Å². The van der Waals surface area contributed by atoms with Crippen LogP contribution >= 0.6 is 0 Å². The minimum atomic E-state index is -4.10. The Labute approximate surface area is 113 Å². The normalized spacial score (nSPS) is 11.2. The van der Waals surface area contributed by atoms with Gasteiger partial charge in [-0.15, -0.1) is 0 Å². The Morgan fingerprint density at radius 1 is 1.20 bits per heavy atom. The number of aldehydes is 1. The van der Waals surface area contributed by atoms with E-state index in [1.54, 1.807) is 0 Å². The van der Waals surface area contributed by atoms with E-state index in [0.717, 1.165) is 24.3 Å². The number of carbonyl (C=O) groups is 2. The highest BCUT2D eigenvalue weighted by Gasteiger charge is 2.24. The summed E-state index contributed by atoms with van der Waals surface area (Å²) in [7, 11) is -4.10. The number of carboxylic acids is 1. The molecule has 0 unspecified atom stereocenters. The van der Waals surface area contributed by atoms with Gasteiger partial charge in [0.2, 0.25) is 14.9 Å². The molecule has 20 heavy (non-hydrogen) atoms. The van der Waals surface area contributed by atoms with Gasteiger partial charge in [-0.05, 0) is 30.3 Å². The number of phenols is 1. The number of carbonyl (C=O) groups excluding carboxylic acids is 1. The molecular formula is C12H8O7S. The number of furan rings is 1. The zero-order valence-corrected chi connectivity index (χ0v) is 10.6. The maximum Gasteiger partial charge on any atom is 0.339 e. The van der Waals surface area contributed by atoms with Gasteiger partial charge in [-0.3, -0.25) is 4.79 Å². The number of benzene rings is 1. The molecule has 0 fully saturated rings. The molecule has 104 valence electrons. The molecule has 1 aromatic heterocycles. The molecule has 0 bridgehead atoms. The fourth-order valence-corrected chi connectivity index (χ4v) is 2.72. The van der Waals surface area contributed by atoms with E-state index in [4.69, 9.17) is 9.52 Å². The van der Waals surface area contributed by atoms with Gasteiger partial charge in [-0.25, -0.2) is 13.2 Å². The number of hydrogen-bond acceptors (Lipinski definition) is 6. The van der Waals surface area contributed by atoms with E-state index in [1.165, 1.54) is 6.07 Å². The summed E-state index contributed by atoms with van der Waals surface area (Å²) in [5.74, 6) is -2.18. The van der Waals surface area contributed by atoms with Crippen LogP contribution in [0.1, 0.15) is 20.9 Å². The minimum absolute atomic E-state index is 0.166. The van der Waals surface area contributed by atoms with Crippen molar-refractivity contribution in [3.8, 4) is 5.75 Å². The number of rotatable bonds is 4. The summed E-state index contributed by atoms with van der Waals surface area (Å²) in [4.78, 5) is 21.0. The lowest BCUT2D eigenvalue weighted by Crippen LogP contribution is -2.04. The first-order chi connectivity index (χ1) is 9.36. The molecule has 2 aromatic rings. The third-order valence-electron chi connectivity index (χ3n) is 2.49. The third kappa shape index (κ3) is 2.28. The lowest BCUT2D eigenvalue weighted by molar-refractivity contribution is 0.0693. The van der Waals surface area contributed by atoms with Gasteiger partial charge in [0.05, 0.1) is 4.90 Å². The first kappa shape index (κ1) is 13.8. The van der Waals surface area contributed by atoms with E-state index in [-0.39, 0.29) is 10.7 Å². The highest BCUT2D eigenvalue weighted by atomic mass is 32.2. The number of aromatic hydroxyl groups is 1. The first-order valence-corrected chi connectivity index (χ1v) is 6.71. The highest BCUT2D eigenvalue weighted by molar-refractivity contribution is 7.91. The van der Waals surface area contributed by atoms with Crippen LogP contribution < -0.4 is 0 Å². The monoisotopic (exact) mass is 296 g/mol. The molecule has 0 aliphatic carbocycles. The smallest absolute Gasteiger partial charge is 0.339 e. The largest absolute Gasteiger partial charge is 0.507 e. The van der Waals surface area contributed by atoms with E-state index < -0.39 is 32.2 Å². The Balaban J connectivity index is 2.57. The lowest BCUT2D eigenvalue weighted by Gasteiger charge is -2.04. The summed E-state index contributed by atoms with van der Waals surface area (Å²) < 4.78 is 29.1. The average molecular weight is 296 g/mol. The molecule has 0 saturated carbocycles. The number of hydrogen-bond donors (Lipinski definition) is 2. The predicted octanol–water partition coefficient (Wildman–Crippen LogP) is 1.33. The van der Waals surface area contributed by atoms with Crippen molar-refractivity contribution in [1.29, 1.82) is 0 Å². The Hall–Kier alpha value is -2.61. The summed E-state index contributed by atoms with van der Waals surface area (Å²) in [6.07, 6.45) is 0.346. The summed E-state index contributed by atoms with van der Waals surface area (Å²) in [5, 5.41) is 17.7. The fraction of sp³-hybridized carbons (Fsp3) is 0. The molecule has 0 aliphatic heterocycles. The van der Waals surface area contributed by atoms with Crippen LogP contribution in [0, 0.1) is 0 Å². The summed E-state index contributed by atoms with van der Waals surface area (Å²) in [6.45, 7) is 0. The number of sulfone groups is 1. The number of aromatic carboxylic acids is 1. The van der Waals surface area contributed by atoms with Gasteiger partial charge in [0.25, 0.3) is 0 Å². The van der Waals surface area contributed by atoms with E-state index in [9.17, 15) is 23.1 Å². The average Bonchev–Trinajstić information content (AvgIpc) is 2.88. The van der Waals surface area contributed by atoms with Crippen LogP contribution in [0.2, 0.25) is 0 Å². The standard InChI is InChI=1S/C12H8O7S/c13-6-7-1-4-11(19-7)20(17,18)8-2-3-10(14)9(5-8)12(15)16/h1-6,14H,(H,15,16). The van der Waals surface area contributed by atoms with Gasteiger partial charge >= 0.3 is 5.97 Å². The summed E-state index contributed by atoms with van der Waals surface area (Å²) in [5.41, 5.74) is -0.548. The van der Waals surface area contributed by atoms with Crippen molar-refractivity contribution in [1.82, 2.24) is 0 Å². The Kier molecular flexibility index (Phi) is 3.33. The van der Waals surface area contributed by atoms with Gasteiger partial charge < -0.3 is 14.6 Å². The Bertz CT molecular complexity index is 786. The molecule has 0 atom stereocenters. The van der Waals surface area contributed by atoms with Gasteiger partial charge in [-0.1, -0.05) is 0 Å². The summed E-state index contributed by atoms with van der Waals surface area (Å²) in [6, 6.07) is 5.08. The van der Waals surface area contributed by atoms with Crippen molar-refractivity contribution < 1.29 is 32.6 Å². The molecular weight excluding hydrogens is 288 g/mol. The summed E-state index contributed by atoms with van der Waals surface area (Å²) >= 11 is 0. The maximum atomic E-state index is 12.2. The van der Waals surface area contributed by atoms with Crippen molar-refractivity contribution in [2.75, 3.05) is 0 Å². The van der Waals surface area contributed by atoms with Crippen molar-refractivity contribution in [3.05, 3.63) is 41.7 Å². The van der Waals surface area contributed by atoms with Crippen LogP contribution in [0.5, 0.6) is 5.75 Å². The minimum Gasteiger partial charge on any atom is -0.507 e. The molecule has 8 heteroatoms. The van der Waals surface area contributed by atoms with Crippen LogP contribution in [-0.2, 0) is 9.84 Å². The topological polar surface area (TPSA) is 122 Å². The van der Waals surface area contributed by atoms with E-state index >= 15 is 0 Å².